The number of aliphatic hydroxyl groups is 1. The number of aliphatic hydroxyl groups excluding tert-OH is 1. The van der Waals surface area contributed by atoms with Gasteiger partial charge < -0.3 is 25.0 Å². The molecule has 0 aromatic heterocycles. The van der Waals surface area contributed by atoms with Gasteiger partial charge in [-0.1, -0.05) is 12.1 Å². The fourth-order valence-electron chi connectivity index (χ4n) is 2.30. The summed E-state index contributed by atoms with van der Waals surface area (Å²) >= 11 is 0. The van der Waals surface area contributed by atoms with Crippen LogP contribution in [-0.4, -0.2) is 53.6 Å². The molecule has 0 saturated carbocycles. The fourth-order valence-corrected chi connectivity index (χ4v) is 2.30. The second kappa shape index (κ2) is 7.94. The molecule has 1 aromatic rings. The van der Waals surface area contributed by atoms with Gasteiger partial charge in [0, 0.05) is 6.54 Å². The summed E-state index contributed by atoms with van der Waals surface area (Å²) in [6, 6.07) is 7.44. The summed E-state index contributed by atoms with van der Waals surface area (Å²) < 4.78 is 10.6. The zero-order chi connectivity index (χ0) is 16.8. The van der Waals surface area contributed by atoms with Crippen LogP contribution in [0.15, 0.2) is 24.3 Å². The average Bonchev–Trinajstić information content (AvgIpc) is 3.01. The van der Waals surface area contributed by atoms with Crippen molar-refractivity contribution in [1.82, 2.24) is 5.32 Å². The number of amides is 1. The van der Waals surface area contributed by atoms with E-state index < -0.39 is 30.2 Å². The molecule has 3 N–H and O–H groups in total. The van der Waals surface area contributed by atoms with Crippen LogP contribution in [0.1, 0.15) is 18.4 Å². The molecule has 23 heavy (non-hydrogen) atoms. The number of rotatable bonds is 7. The van der Waals surface area contributed by atoms with E-state index in [0.717, 1.165) is 5.56 Å². The molecule has 2 rings (SSSR count). The average molecular weight is 323 g/mol. The van der Waals surface area contributed by atoms with Crippen molar-refractivity contribution in [3.8, 4) is 5.75 Å². The van der Waals surface area contributed by atoms with Gasteiger partial charge in [-0.25, -0.2) is 4.79 Å². The van der Waals surface area contributed by atoms with Crippen LogP contribution in [0.25, 0.3) is 0 Å². The van der Waals surface area contributed by atoms with Crippen LogP contribution in [0.5, 0.6) is 5.75 Å². The summed E-state index contributed by atoms with van der Waals surface area (Å²) in [6.07, 6.45) is -1.90. The number of hydrogen-bond acceptors (Lipinski definition) is 5. The summed E-state index contributed by atoms with van der Waals surface area (Å²) in [5, 5.41) is 21.2. The van der Waals surface area contributed by atoms with Crippen molar-refractivity contribution < 1.29 is 29.3 Å². The molecule has 1 amide bonds. The van der Waals surface area contributed by atoms with Crippen molar-refractivity contribution in [2.45, 2.75) is 38.1 Å². The first kappa shape index (κ1) is 17.2. The van der Waals surface area contributed by atoms with Gasteiger partial charge in [0.15, 0.2) is 6.10 Å². The van der Waals surface area contributed by atoms with E-state index in [1.165, 1.54) is 0 Å². The van der Waals surface area contributed by atoms with Crippen LogP contribution in [0, 0.1) is 6.92 Å². The Morgan fingerprint density at radius 2 is 2.13 bits per heavy atom. The molecular weight excluding hydrogens is 302 g/mol. The molecule has 1 saturated heterocycles. The van der Waals surface area contributed by atoms with Crippen LogP contribution in [0.2, 0.25) is 0 Å². The van der Waals surface area contributed by atoms with Gasteiger partial charge in [-0.15, -0.1) is 0 Å². The first-order valence-electron chi connectivity index (χ1n) is 7.49. The number of hydrogen-bond donors (Lipinski definition) is 3. The highest BCUT2D eigenvalue weighted by Gasteiger charge is 2.34. The maximum Gasteiger partial charge on any atom is 0.332 e. The molecule has 1 heterocycles. The Morgan fingerprint density at radius 3 is 2.78 bits per heavy atom. The van der Waals surface area contributed by atoms with Gasteiger partial charge in [-0.05, 0) is 37.5 Å². The normalized spacial score (nSPS) is 21.7. The molecule has 0 radical (unpaired) electrons. The molecule has 0 bridgehead atoms. The van der Waals surface area contributed by atoms with E-state index in [0.29, 0.717) is 18.6 Å². The van der Waals surface area contributed by atoms with Crippen molar-refractivity contribution in [3.63, 3.8) is 0 Å². The lowest BCUT2D eigenvalue weighted by molar-refractivity contribution is -0.151. The zero-order valence-corrected chi connectivity index (χ0v) is 12.9. The van der Waals surface area contributed by atoms with Gasteiger partial charge >= 0.3 is 5.97 Å². The molecule has 1 aliphatic rings. The van der Waals surface area contributed by atoms with E-state index in [-0.39, 0.29) is 13.2 Å². The highest BCUT2D eigenvalue weighted by molar-refractivity contribution is 5.82. The number of aryl methyl sites for hydroxylation is 1. The Morgan fingerprint density at radius 1 is 1.39 bits per heavy atom. The lowest BCUT2D eigenvalue weighted by atomic mass is 10.2. The summed E-state index contributed by atoms with van der Waals surface area (Å²) in [7, 11) is 0. The Balaban J connectivity index is 1.69. The molecule has 126 valence electrons. The van der Waals surface area contributed by atoms with Gasteiger partial charge in [0.05, 0.1) is 0 Å². The first-order valence-corrected chi connectivity index (χ1v) is 7.49. The van der Waals surface area contributed by atoms with Crippen LogP contribution in [-0.2, 0) is 14.3 Å². The van der Waals surface area contributed by atoms with Crippen LogP contribution >= 0.6 is 0 Å². The summed E-state index contributed by atoms with van der Waals surface area (Å²) in [5.74, 6) is -0.825. The predicted octanol–water partition coefficient (Wildman–Crippen LogP) is 0.483. The van der Waals surface area contributed by atoms with Gasteiger partial charge in [0.25, 0.3) is 0 Å². The molecule has 1 unspecified atom stereocenters. The highest BCUT2D eigenvalue weighted by Crippen LogP contribution is 2.19. The predicted molar refractivity (Wildman–Crippen MR) is 81.2 cm³/mol. The third kappa shape index (κ3) is 5.22. The third-order valence-electron chi connectivity index (χ3n) is 3.53. The van der Waals surface area contributed by atoms with Gasteiger partial charge in [-0.3, -0.25) is 4.79 Å². The number of carboxylic acid groups (broad SMARTS) is 1. The first-order chi connectivity index (χ1) is 11.0. The topological polar surface area (TPSA) is 105 Å². The second-order valence-electron chi connectivity index (χ2n) is 5.56. The Hall–Kier alpha value is -2.12. The van der Waals surface area contributed by atoms with Crippen LogP contribution in [0.3, 0.4) is 0 Å². The third-order valence-corrected chi connectivity index (χ3v) is 3.53. The number of ether oxygens (including phenoxy) is 2. The van der Waals surface area contributed by atoms with Gasteiger partial charge in [0.2, 0.25) is 5.91 Å². The SMILES string of the molecule is Cc1cccc(OCC(O)CNC(=O)[C@@H]2CC[C@H](C(=O)O)O2)c1. The summed E-state index contributed by atoms with van der Waals surface area (Å²) in [6.45, 7) is 2.00. The molecule has 1 aromatic carbocycles. The molecule has 1 fully saturated rings. The van der Waals surface area contributed by atoms with E-state index >= 15 is 0 Å². The number of aliphatic carboxylic acids is 1. The maximum absolute atomic E-state index is 11.9. The Bertz CT molecular complexity index is 561. The molecule has 0 spiro atoms. The van der Waals surface area contributed by atoms with Crippen molar-refractivity contribution in [2.75, 3.05) is 13.2 Å². The highest BCUT2D eigenvalue weighted by atomic mass is 16.5. The summed E-state index contributed by atoms with van der Waals surface area (Å²) in [5.41, 5.74) is 1.05. The van der Waals surface area contributed by atoms with E-state index in [2.05, 4.69) is 5.32 Å². The molecule has 7 nitrogen and oxygen atoms in total. The quantitative estimate of drug-likeness (QED) is 0.674. The van der Waals surface area contributed by atoms with Crippen molar-refractivity contribution in [1.29, 1.82) is 0 Å². The maximum atomic E-state index is 11.9. The van der Waals surface area contributed by atoms with E-state index in [4.69, 9.17) is 14.6 Å². The Labute approximate surface area is 134 Å². The Kier molecular flexibility index (Phi) is 5.95. The standard InChI is InChI=1S/C16H21NO6/c1-10-3-2-4-12(7-10)22-9-11(18)8-17-15(19)13-5-6-14(23-13)16(20)21/h2-4,7,11,13-14,18H,5-6,8-9H2,1H3,(H,17,19)(H,20,21)/t11?,13-,14+/m0/s1. The minimum atomic E-state index is -1.06. The van der Waals surface area contributed by atoms with E-state index in [1.54, 1.807) is 6.07 Å². The number of carboxylic acids is 1. The van der Waals surface area contributed by atoms with Crippen LogP contribution in [0.4, 0.5) is 0 Å². The number of carbonyl (C=O) groups is 2. The molecule has 1 aliphatic heterocycles. The zero-order valence-electron chi connectivity index (χ0n) is 12.9. The lowest BCUT2D eigenvalue weighted by Gasteiger charge is -2.15. The largest absolute Gasteiger partial charge is 0.491 e. The van der Waals surface area contributed by atoms with Crippen molar-refractivity contribution in [3.05, 3.63) is 29.8 Å². The van der Waals surface area contributed by atoms with Crippen molar-refractivity contribution >= 4 is 11.9 Å². The van der Waals surface area contributed by atoms with Crippen molar-refractivity contribution in [2.24, 2.45) is 0 Å². The molecular formula is C16H21NO6. The lowest BCUT2D eigenvalue weighted by Crippen LogP contribution is -2.41. The minimum absolute atomic E-state index is 0.0161. The molecule has 0 aliphatic carbocycles. The van der Waals surface area contributed by atoms with Gasteiger partial charge in [0.1, 0.15) is 24.6 Å². The summed E-state index contributed by atoms with van der Waals surface area (Å²) in [4.78, 5) is 22.6. The number of benzene rings is 1. The van der Waals surface area contributed by atoms with Gasteiger partial charge in [-0.2, -0.15) is 0 Å². The smallest absolute Gasteiger partial charge is 0.332 e. The monoisotopic (exact) mass is 323 g/mol. The number of carbonyl (C=O) groups excluding carboxylic acids is 1. The van der Waals surface area contributed by atoms with Crippen LogP contribution < -0.4 is 10.1 Å². The second-order valence-corrected chi connectivity index (χ2v) is 5.56. The number of nitrogens with one attached hydrogen (secondary N) is 1. The van der Waals surface area contributed by atoms with E-state index in [1.807, 2.05) is 25.1 Å². The molecule has 3 atom stereocenters. The van der Waals surface area contributed by atoms with E-state index in [9.17, 15) is 14.7 Å². The minimum Gasteiger partial charge on any atom is -0.491 e. The molecule has 7 heteroatoms. The fraction of sp³-hybridized carbons (Fsp3) is 0.500.